The average Bonchev–Trinajstić information content (AvgIpc) is 2.40. The number of rotatable bonds is 4. The van der Waals surface area contributed by atoms with Crippen LogP contribution in [0.1, 0.15) is 27.7 Å². The van der Waals surface area contributed by atoms with Gasteiger partial charge in [-0.1, -0.05) is 21.6 Å². The van der Waals surface area contributed by atoms with Gasteiger partial charge in [0.25, 0.3) is 0 Å². The van der Waals surface area contributed by atoms with Gasteiger partial charge in [-0.2, -0.15) is 0 Å². The lowest BCUT2D eigenvalue weighted by Crippen LogP contribution is -2.52. The van der Waals surface area contributed by atoms with Gasteiger partial charge >= 0.3 is 0 Å². The molecule has 3 nitrogen and oxygen atoms in total. The molecule has 2 N–H and O–H groups in total. The van der Waals surface area contributed by atoms with Gasteiger partial charge in [-0.05, 0) is 27.7 Å². The molecule has 0 spiro atoms. The third-order valence-corrected chi connectivity index (χ3v) is 6.54. The molecule has 0 saturated carbocycles. The van der Waals surface area contributed by atoms with Gasteiger partial charge in [0.1, 0.15) is 0 Å². The molecule has 0 aliphatic carbocycles. The van der Waals surface area contributed by atoms with E-state index in [9.17, 15) is 10.2 Å². The first-order valence-corrected chi connectivity index (χ1v) is 7.27. The van der Waals surface area contributed by atoms with Crippen LogP contribution in [0.15, 0.2) is 0 Å². The van der Waals surface area contributed by atoms with E-state index in [-0.39, 0.29) is 30.2 Å². The minimum atomic E-state index is -0.571. The van der Waals surface area contributed by atoms with Gasteiger partial charge in [0.05, 0.1) is 30.2 Å². The summed E-state index contributed by atoms with van der Waals surface area (Å²) in [6, 6.07) is 0. The van der Waals surface area contributed by atoms with Gasteiger partial charge in [-0.15, -0.1) is 0 Å². The van der Waals surface area contributed by atoms with Crippen LogP contribution < -0.4 is 0 Å². The Labute approximate surface area is 99.4 Å². The van der Waals surface area contributed by atoms with Crippen molar-refractivity contribution >= 4 is 21.6 Å². The standard InChI is InChI=1S/C10H20O3S2/c1-7(2)13-8-9(3,4)14-15-10(8,5-11)6-12/h7-8,11-12H,5-6H2,1-4H3. The van der Waals surface area contributed by atoms with Crippen molar-refractivity contribution in [3.8, 4) is 0 Å². The topological polar surface area (TPSA) is 49.7 Å². The van der Waals surface area contributed by atoms with E-state index in [1.165, 1.54) is 10.8 Å². The maximum atomic E-state index is 9.46. The van der Waals surface area contributed by atoms with E-state index in [2.05, 4.69) is 13.8 Å². The van der Waals surface area contributed by atoms with Gasteiger partial charge in [0, 0.05) is 4.75 Å². The van der Waals surface area contributed by atoms with Crippen LogP contribution in [0, 0.1) is 0 Å². The molecule has 0 radical (unpaired) electrons. The summed E-state index contributed by atoms with van der Waals surface area (Å²) >= 11 is 0. The summed E-state index contributed by atoms with van der Waals surface area (Å²) in [6.45, 7) is 8.02. The van der Waals surface area contributed by atoms with Gasteiger partial charge < -0.3 is 14.9 Å². The Hall–Kier alpha value is 0.580. The fourth-order valence-electron chi connectivity index (χ4n) is 1.74. The number of aliphatic hydroxyl groups is 2. The smallest absolute Gasteiger partial charge is 0.0997 e. The Kier molecular flexibility index (Phi) is 4.40. The zero-order valence-corrected chi connectivity index (χ0v) is 11.3. The van der Waals surface area contributed by atoms with E-state index in [0.29, 0.717) is 0 Å². The van der Waals surface area contributed by atoms with E-state index < -0.39 is 4.75 Å². The minimum Gasteiger partial charge on any atom is -0.395 e. The summed E-state index contributed by atoms with van der Waals surface area (Å²) in [7, 11) is 3.22. The highest BCUT2D eigenvalue weighted by atomic mass is 33.1. The van der Waals surface area contributed by atoms with E-state index in [1.807, 2.05) is 13.8 Å². The van der Waals surface area contributed by atoms with Crippen LogP contribution in [-0.4, -0.2) is 45.1 Å². The molecule has 0 bridgehead atoms. The quantitative estimate of drug-likeness (QED) is 0.746. The lowest BCUT2D eigenvalue weighted by molar-refractivity contribution is -0.0509. The van der Waals surface area contributed by atoms with Crippen molar-refractivity contribution in [2.24, 2.45) is 0 Å². The number of hydrogen-bond acceptors (Lipinski definition) is 5. The second-order valence-corrected chi connectivity index (χ2v) is 7.91. The predicted octanol–water partition coefficient (Wildman–Crippen LogP) is 1.68. The first kappa shape index (κ1) is 13.6. The highest BCUT2D eigenvalue weighted by Crippen LogP contribution is 2.58. The number of hydrogen-bond donors (Lipinski definition) is 2. The molecule has 90 valence electrons. The Balaban J connectivity index is 2.89. The van der Waals surface area contributed by atoms with Gasteiger partial charge in [-0.25, -0.2) is 0 Å². The molecular formula is C10H20O3S2. The van der Waals surface area contributed by atoms with Crippen LogP contribution in [0.3, 0.4) is 0 Å². The molecule has 1 unspecified atom stereocenters. The van der Waals surface area contributed by atoms with Crippen LogP contribution in [0.25, 0.3) is 0 Å². The number of ether oxygens (including phenoxy) is 1. The third kappa shape index (κ3) is 2.64. The van der Waals surface area contributed by atoms with Crippen LogP contribution >= 0.6 is 21.6 Å². The predicted molar refractivity (Wildman–Crippen MR) is 66.2 cm³/mol. The highest BCUT2D eigenvalue weighted by Gasteiger charge is 2.55. The van der Waals surface area contributed by atoms with Crippen LogP contribution in [0.5, 0.6) is 0 Å². The molecule has 1 saturated heterocycles. The van der Waals surface area contributed by atoms with Crippen LogP contribution in [0.2, 0.25) is 0 Å². The third-order valence-electron chi connectivity index (χ3n) is 2.48. The Morgan fingerprint density at radius 2 is 1.73 bits per heavy atom. The number of aliphatic hydroxyl groups excluding tert-OH is 2. The SMILES string of the molecule is CC(C)OC1C(C)(C)SSC1(CO)CO. The normalized spacial score (nSPS) is 28.6. The van der Waals surface area contributed by atoms with Crippen LogP contribution in [0.4, 0.5) is 0 Å². The molecule has 0 aromatic rings. The largest absolute Gasteiger partial charge is 0.395 e. The summed E-state index contributed by atoms with van der Waals surface area (Å²) in [5.74, 6) is 0. The fourth-order valence-corrected chi connectivity index (χ4v) is 5.09. The molecule has 1 aliphatic rings. The molecule has 1 aliphatic heterocycles. The highest BCUT2D eigenvalue weighted by molar-refractivity contribution is 8.78. The zero-order chi connectivity index (χ0) is 11.7. The summed E-state index contributed by atoms with van der Waals surface area (Å²) in [6.07, 6.45) is -0.0268. The van der Waals surface area contributed by atoms with E-state index in [4.69, 9.17) is 4.74 Å². The van der Waals surface area contributed by atoms with Crippen molar-refractivity contribution in [1.29, 1.82) is 0 Å². The fraction of sp³-hybridized carbons (Fsp3) is 1.00. The van der Waals surface area contributed by atoms with Crippen LogP contribution in [-0.2, 0) is 4.74 Å². The van der Waals surface area contributed by atoms with E-state index in [0.717, 1.165) is 0 Å². The monoisotopic (exact) mass is 252 g/mol. The van der Waals surface area contributed by atoms with E-state index in [1.54, 1.807) is 10.8 Å². The first-order valence-electron chi connectivity index (χ1n) is 5.12. The summed E-state index contributed by atoms with van der Waals surface area (Å²) in [5.41, 5.74) is 0. The Morgan fingerprint density at radius 1 is 1.20 bits per heavy atom. The molecule has 1 rings (SSSR count). The van der Waals surface area contributed by atoms with E-state index >= 15 is 0 Å². The van der Waals surface area contributed by atoms with Gasteiger partial charge in [-0.3, -0.25) is 0 Å². The maximum absolute atomic E-state index is 9.46. The lowest BCUT2D eigenvalue weighted by atomic mass is 9.92. The maximum Gasteiger partial charge on any atom is 0.0997 e. The van der Waals surface area contributed by atoms with Crippen molar-refractivity contribution in [2.75, 3.05) is 13.2 Å². The molecule has 1 atom stereocenters. The molecular weight excluding hydrogens is 232 g/mol. The zero-order valence-electron chi connectivity index (χ0n) is 9.69. The first-order chi connectivity index (χ1) is 6.88. The average molecular weight is 252 g/mol. The van der Waals surface area contributed by atoms with Crippen molar-refractivity contribution in [3.63, 3.8) is 0 Å². The Morgan fingerprint density at radius 3 is 2.13 bits per heavy atom. The van der Waals surface area contributed by atoms with Crippen molar-refractivity contribution in [2.45, 2.75) is 49.4 Å². The van der Waals surface area contributed by atoms with Crippen molar-refractivity contribution in [3.05, 3.63) is 0 Å². The molecule has 1 fully saturated rings. The molecule has 5 heteroatoms. The minimum absolute atomic E-state index is 0.0536. The van der Waals surface area contributed by atoms with Gasteiger partial charge in [0.15, 0.2) is 0 Å². The molecule has 0 aromatic carbocycles. The van der Waals surface area contributed by atoms with Crippen molar-refractivity contribution < 1.29 is 14.9 Å². The van der Waals surface area contributed by atoms with Crippen molar-refractivity contribution in [1.82, 2.24) is 0 Å². The lowest BCUT2D eigenvalue weighted by Gasteiger charge is -2.36. The summed E-state index contributed by atoms with van der Waals surface area (Å²) < 4.78 is 5.21. The molecule has 15 heavy (non-hydrogen) atoms. The Bertz CT molecular complexity index is 215. The molecule has 0 amide bonds. The summed E-state index contributed by atoms with van der Waals surface area (Å²) in [4.78, 5) is 0. The second kappa shape index (κ2) is 4.84. The molecule has 0 aromatic heterocycles. The van der Waals surface area contributed by atoms with Gasteiger partial charge in [0.2, 0.25) is 0 Å². The second-order valence-electron chi connectivity index (χ2n) is 4.72. The summed E-state index contributed by atoms with van der Waals surface area (Å²) in [5, 5.41) is 18.9. The molecule has 1 heterocycles.